The summed E-state index contributed by atoms with van der Waals surface area (Å²) in [7, 11) is 0. The summed E-state index contributed by atoms with van der Waals surface area (Å²) >= 11 is 0. The first-order chi connectivity index (χ1) is 1.73. The van der Waals surface area contributed by atoms with Crippen molar-refractivity contribution in [3.63, 3.8) is 0 Å². The summed E-state index contributed by atoms with van der Waals surface area (Å²) in [6.07, 6.45) is -2.33. The van der Waals surface area contributed by atoms with Crippen LogP contribution in [0.5, 0.6) is 0 Å². The van der Waals surface area contributed by atoms with Crippen LogP contribution in [0.4, 0.5) is 4.79 Å². The van der Waals surface area contributed by atoms with Crippen LogP contribution in [0.3, 0.4) is 0 Å². The molecule has 0 rings (SSSR count). The molecule has 0 amide bonds. The van der Waals surface area contributed by atoms with Gasteiger partial charge in [0, 0.05) is 78.6 Å². The summed E-state index contributed by atoms with van der Waals surface area (Å²) in [5, 5.41) is 16.7. The van der Waals surface area contributed by atoms with Crippen LogP contribution < -0.4 is 10.2 Å². The van der Waals surface area contributed by atoms with Gasteiger partial charge >= 0.3 is 0 Å². The molecule has 0 bridgehead atoms. The summed E-state index contributed by atoms with van der Waals surface area (Å²) in [4.78, 5) is 8.33. The van der Waals surface area contributed by atoms with Gasteiger partial charge in [-0.15, -0.1) is 0 Å². The van der Waals surface area contributed by atoms with E-state index in [4.69, 9.17) is 15.0 Å². The van der Waals surface area contributed by atoms with Crippen molar-refractivity contribution in [2.45, 2.75) is 0 Å². The van der Waals surface area contributed by atoms with Crippen molar-refractivity contribution in [2.24, 2.45) is 0 Å². The fourth-order valence-corrected chi connectivity index (χ4v) is 0. The van der Waals surface area contributed by atoms with Gasteiger partial charge in [-0.2, -0.15) is 0 Å². The summed E-state index contributed by atoms with van der Waals surface area (Å²) in [5.74, 6) is 0. The normalized spacial score (nSPS) is 2.00. The van der Waals surface area contributed by atoms with Gasteiger partial charge in [0.05, 0.1) is 0 Å². The summed E-state index contributed by atoms with van der Waals surface area (Å²) in [6.45, 7) is 0. The number of hydrogen-bond acceptors (Lipinski definition) is 3. The Bertz CT molecular complexity index is 37.3. The molecule has 0 unspecified atom stereocenters. The second-order valence-electron chi connectivity index (χ2n) is 0.250. The van der Waals surface area contributed by atoms with Gasteiger partial charge in [-0.25, -0.2) is 0 Å². The second kappa shape index (κ2) is 78.4. The first-order valence-corrected chi connectivity index (χ1v) is 0.612. The minimum absolute atomic E-state index is 0. The average molecular weight is 424 g/mol. The van der Waals surface area contributed by atoms with E-state index in [2.05, 4.69) is 0 Å². The predicted octanol–water partition coefficient (Wildman–Crippen LogP) is -6.58. The van der Waals surface area contributed by atoms with Crippen molar-refractivity contribution < 1.29 is 121 Å². The molecule has 0 aromatic heterocycles. The number of carboxylic acid groups (broad SMARTS) is 2. The number of carbonyl (C=O) groups is 1. The van der Waals surface area contributed by atoms with Crippen LogP contribution in [-0.2, 0) is 78.6 Å². The molecule has 0 spiro atoms. The molecule has 12 heavy (non-hydrogen) atoms. The zero-order chi connectivity index (χ0) is 3.58. The molecule has 0 heterocycles. The molecule has 0 aromatic carbocycles. The third kappa shape index (κ3) is 456. The molecule has 0 aliphatic rings. The monoisotopic (exact) mass is 420 g/mol. The zero-order valence-electron chi connectivity index (χ0n) is 5.72. The molecule has 11 heteroatoms. The summed E-state index contributed by atoms with van der Waals surface area (Å²) in [5.41, 5.74) is 0. The maximum absolute atomic E-state index is 8.33. The average Bonchev–Trinajstić information content (AvgIpc) is 0.811. The van der Waals surface area contributed by atoms with Gasteiger partial charge in [0.15, 0.2) is 0 Å². The fraction of sp³-hybridized carbons (Fsp3) is 0. The van der Waals surface area contributed by atoms with Crippen LogP contribution in [0.1, 0.15) is 0 Å². The van der Waals surface area contributed by atoms with E-state index < -0.39 is 6.16 Å². The van der Waals surface area contributed by atoms with Crippen molar-refractivity contribution in [3.8, 4) is 0 Å². The van der Waals surface area contributed by atoms with E-state index in [0.29, 0.717) is 0 Å². The molecule has 0 fully saturated rings. The fourth-order valence-electron chi connectivity index (χ4n) is 0. The first-order valence-electron chi connectivity index (χ1n) is 0.612. The third-order valence-corrected chi connectivity index (χ3v) is 0. The molecule has 76 valence electrons. The standard InChI is InChI=1S/CH2O3.5H2O.3Zr/c2-1(3)4;;;;;;;;/h(H2,2,3,4);5*1H2;;;/p-2. The smallest absolute Gasteiger partial charge is 0 e. The molecule has 0 atom stereocenters. The number of hydrogen-bond donors (Lipinski definition) is 0. The van der Waals surface area contributed by atoms with Crippen LogP contribution in [0, 0.1) is 0 Å². The van der Waals surface area contributed by atoms with Crippen LogP contribution in [0.2, 0.25) is 0 Å². The first kappa shape index (κ1) is 99.7. The Balaban J connectivity index is -0.00000000161. The van der Waals surface area contributed by atoms with Gasteiger partial charge in [0.25, 0.3) is 0 Å². The van der Waals surface area contributed by atoms with Gasteiger partial charge in [0.2, 0.25) is 0 Å². The summed E-state index contributed by atoms with van der Waals surface area (Å²) in [6, 6.07) is 0. The Hall–Kier alpha value is 1.72. The van der Waals surface area contributed by atoms with E-state index in [1.165, 1.54) is 0 Å². The van der Waals surface area contributed by atoms with Crippen molar-refractivity contribution >= 4 is 6.16 Å². The molecule has 10 N–H and O–H groups in total. The summed E-state index contributed by atoms with van der Waals surface area (Å²) < 4.78 is 0. The molecular formula is CH10O8Zr3-2. The van der Waals surface area contributed by atoms with Crippen molar-refractivity contribution in [1.82, 2.24) is 0 Å². The Morgan fingerprint density at radius 2 is 0.667 bits per heavy atom. The van der Waals surface area contributed by atoms with E-state index >= 15 is 0 Å². The van der Waals surface area contributed by atoms with Gasteiger partial charge < -0.3 is 42.4 Å². The van der Waals surface area contributed by atoms with E-state index in [0.717, 1.165) is 0 Å². The predicted molar refractivity (Wildman–Crippen MR) is 23.5 cm³/mol. The van der Waals surface area contributed by atoms with Crippen LogP contribution in [-0.4, -0.2) is 33.5 Å². The maximum atomic E-state index is 8.33. The minimum atomic E-state index is -2.33. The zero-order valence-corrected chi connectivity index (χ0v) is 13.1. The van der Waals surface area contributed by atoms with E-state index in [1.54, 1.807) is 0 Å². The molecule has 0 aromatic rings. The van der Waals surface area contributed by atoms with Crippen molar-refractivity contribution in [2.75, 3.05) is 0 Å². The number of rotatable bonds is 0. The van der Waals surface area contributed by atoms with E-state index in [1.807, 2.05) is 0 Å². The number of carbonyl (C=O) groups excluding carboxylic acids is 1. The Morgan fingerprint density at radius 3 is 0.667 bits per heavy atom. The molecule has 0 aliphatic heterocycles. The molecular weight excluding hydrogens is 414 g/mol. The topological polar surface area (TPSA) is 221 Å². The molecule has 8 nitrogen and oxygen atoms in total. The Morgan fingerprint density at radius 1 is 0.667 bits per heavy atom. The quantitative estimate of drug-likeness (QED) is 0.371. The van der Waals surface area contributed by atoms with Crippen molar-refractivity contribution in [1.29, 1.82) is 0 Å². The largest absolute Gasteiger partial charge is 0.652 e. The third-order valence-electron chi connectivity index (χ3n) is 0. The van der Waals surface area contributed by atoms with Gasteiger partial charge in [-0.1, -0.05) is 0 Å². The second-order valence-corrected chi connectivity index (χ2v) is 0.250. The SMILES string of the molecule is O.O.O.O.O.O=C([O-])[O-].[Zr].[Zr].[Zr]. The van der Waals surface area contributed by atoms with Crippen molar-refractivity contribution in [3.05, 3.63) is 0 Å². The molecule has 0 aliphatic carbocycles. The van der Waals surface area contributed by atoms with E-state index in [-0.39, 0.29) is 106 Å². The van der Waals surface area contributed by atoms with Gasteiger partial charge in [0.1, 0.15) is 0 Å². The van der Waals surface area contributed by atoms with Gasteiger partial charge in [-0.3, -0.25) is 0 Å². The Labute approximate surface area is 126 Å². The minimum Gasteiger partial charge on any atom is -0.652 e. The van der Waals surface area contributed by atoms with Crippen LogP contribution in [0.15, 0.2) is 0 Å². The molecule has 0 saturated carbocycles. The van der Waals surface area contributed by atoms with Gasteiger partial charge in [-0.05, 0) is 6.16 Å². The maximum Gasteiger partial charge on any atom is 0 e. The van der Waals surface area contributed by atoms with Crippen LogP contribution >= 0.6 is 0 Å². The molecule has 0 radical (unpaired) electrons. The van der Waals surface area contributed by atoms with E-state index in [9.17, 15) is 0 Å². The molecule has 0 saturated heterocycles. The Kier molecular flexibility index (Phi) is 651. The van der Waals surface area contributed by atoms with Crippen LogP contribution in [0.25, 0.3) is 0 Å².